The van der Waals surface area contributed by atoms with Gasteiger partial charge in [0.05, 0.1) is 13.7 Å². The van der Waals surface area contributed by atoms with Crippen LogP contribution < -0.4 is 0 Å². The lowest BCUT2D eigenvalue weighted by atomic mass is 10.1. The third-order valence-electron chi connectivity index (χ3n) is 2.91. The second kappa shape index (κ2) is 5.16. The van der Waals surface area contributed by atoms with Gasteiger partial charge in [0.15, 0.2) is 0 Å². The molecule has 0 radical (unpaired) electrons. The van der Waals surface area contributed by atoms with Crippen molar-refractivity contribution in [2.24, 2.45) is 0 Å². The number of carbonyl (C=O) groups excluding carboxylic acids is 1. The molecule has 1 aliphatic heterocycles. The van der Waals surface area contributed by atoms with Crippen LogP contribution in [0.5, 0.6) is 0 Å². The number of carbonyl (C=O) groups is 2. The first kappa shape index (κ1) is 12.8. The van der Waals surface area contributed by atoms with Crippen molar-refractivity contribution in [1.29, 1.82) is 0 Å². The Morgan fingerprint density at radius 2 is 1.81 bits per heavy atom. The van der Waals surface area contributed by atoms with Crippen molar-refractivity contribution >= 4 is 12.1 Å². The second-order valence-corrected chi connectivity index (χ2v) is 4.13. The molecule has 0 aromatic heterocycles. The highest BCUT2D eigenvalue weighted by Gasteiger charge is 2.32. The van der Waals surface area contributed by atoms with Crippen LogP contribution in [0, 0.1) is 0 Å². The first-order chi connectivity index (χ1) is 7.45. The number of rotatable bonds is 2. The molecule has 6 heteroatoms. The lowest BCUT2D eigenvalue weighted by molar-refractivity contribution is -0.144. The first-order valence-electron chi connectivity index (χ1n) is 5.26. The quantitative estimate of drug-likeness (QED) is 0.688. The number of methoxy groups -OCH3 is 1. The van der Waals surface area contributed by atoms with E-state index in [1.165, 1.54) is 12.0 Å². The molecule has 1 fully saturated rings. The first-order valence-corrected chi connectivity index (χ1v) is 5.26. The molecule has 0 saturated carbocycles. The summed E-state index contributed by atoms with van der Waals surface area (Å²) in [6.45, 7) is 4.89. The summed E-state index contributed by atoms with van der Waals surface area (Å²) in [7, 11) is 1.35. The number of hydrogen-bond acceptors (Lipinski definition) is 4. The smallest absolute Gasteiger partial charge is 0.407 e. The standard InChI is InChI=1S/C10H18N2O4/c1-7-4-11(10(14)15)5-8(2)12(7)6-9(13)16-3/h7-8H,4-6H2,1-3H3,(H,14,15). The van der Waals surface area contributed by atoms with E-state index in [0.29, 0.717) is 13.1 Å². The Bertz CT molecular complexity index is 270. The predicted octanol–water partition coefficient (Wildman–Crippen LogP) is 0.232. The van der Waals surface area contributed by atoms with Crippen LogP contribution in [-0.4, -0.2) is 65.8 Å². The maximum absolute atomic E-state index is 11.2. The monoisotopic (exact) mass is 230 g/mol. The predicted molar refractivity (Wildman–Crippen MR) is 57.2 cm³/mol. The molecule has 6 nitrogen and oxygen atoms in total. The van der Waals surface area contributed by atoms with Crippen molar-refractivity contribution in [3.05, 3.63) is 0 Å². The lowest BCUT2D eigenvalue weighted by Crippen LogP contribution is -2.58. The molecule has 16 heavy (non-hydrogen) atoms. The molecule has 2 atom stereocenters. The summed E-state index contributed by atoms with van der Waals surface area (Å²) in [4.78, 5) is 25.4. The summed E-state index contributed by atoms with van der Waals surface area (Å²) in [6.07, 6.45) is -0.906. The van der Waals surface area contributed by atoms with Crippen molar-refractivity contribution in [2.75, 3.05) is 26.7 Å². The molecule has 92 valence electrons. The van der Waals surface area contributed by atoms with E-state index in [2.05, 4.69) is 4.74 Å². The fourth-order valence-electron chi connectivity index (χ4n) is 2.04. The largest absolute Gasteiger partial charge is 0.468 e. The summed E-state index contributed by atoms with van der Waals surface area (Å²) in [5.74, 6) is -0.289. The van der Waals surface area contributed by atoms with E-state index in [1.54, 1.807) is 0 Å². The molecule has 1 heterocycles. The molecule has 2 unspecified atom stereocenters. The van der Waals surface area contributed by atoms with Crippen LogP contribution in [0.4, 0.5) is 4.79 Å². The number of ether oxygens (including phenoxy) is 1. The van der Waals surface area contributed by atoms with Crippen LogP contribution in [0.15, 0.2) is 0 Å². The SMILES string of the molecule is COC(=O)CN1C(C)CN(C(=O)O)CC1C. The number of nitrogens with zero attached hydrogens (tertiary/aromatic N) is 2. The highest BCUT2D eigenvalue weighted by Crippen LogP contribution is 2.15. The molecule has 1 N–H and O–H groups in total. The Balaban J connectivity index is 2.61. The molecular weight excluding hydrogens is 212 g/mol. The zero-order chi connectivity index (χ0) is 12.3. The van der Waals surface area contributed by atoms with Gasteiger partial charge in [-0.25, -0.2) is 4.79 Å². The van der Waals surface area contributed by atoms with Crippen molar-refractivity contribution in [3.63, 3.8) is 0 Å². The van der Waals surface area contributed by atoms with Gasteiger partial charge in [0.1, 0.15) is 0 Å². The molecule has 1 rings (SSSR count). The van der Waals surface area contributed by atoms with Crippen molar-refractivity contribution < 1.29 is 19.4 Å². The van der Waals surface area contributed by atoms with E-state index in [-0.39, 0.29) is 24.6 Å². The number of piperazine rings is 1. The summed E-state index contributed by atoms with van der Waals surface area (Å²) in [5.41, 5.74) is 0. The summed E-state index contributed by atoms with van der Waals surface area (Å²) >= 11 is 0. The van der Waals surface area contributed by atoms with Gasteiger partial charge in [0, 0.05) is 25.2 Å². The van der Waals surface area contributed by atoms with Gasteiger partial charge in [-0.05, 0) is 13.8 Å². The maximum atomic E-state index is 11.2. The Labute approximate surface area is 94.8 Å². The fourth-order valence-corrected chi connectivity index (χ4v) is 2.04. The molecule has 1 amide bonds. The molecular formula is C10H18N2O4. The normalized spacial score (nSPS) is 26.6. The summed E-state index contributed by atoms with van der Waals surface area (Å²) in [6, 6.07) is 0.0536. The van der Waals surface area contributed by atoms with Crippen LogP contribution in [0.1, 0.15) is 13.8 Å². The molecule has 0 spiro atoms. The van der Waals surface area contributed by atoms with Crippen LogP contribution in [-0.2, 0) is 9.53 Å². The molecule has 1 aliphatic rings. The minimum atomic E-state index is -0.906. The minimum absolute atomic E-state index is 0.0268. The average molecular weight is 230 g/mol. The van der Waals surface area contributed by atoms with Crippen molar-refractivity contribution in [3.8, 4) is 0 Å². The molecule has 1 saturated heterocycles. The molecule has 0 bridgehead atoms. The highest BCUT2D eigenvalue weighted by molar-refractivity contribution is 5.71. The van der Waals surface area contributed by atoms with Gasteiger partial charge in [-0.3, -0.25) is 9.69 Å². The van der Waals surface area contributed by atoms with E-state index in [1.807, 2.05) is 18.7 Å². The van der Waals surface area contributed by atoms with Gasteiger partial charge in [0.25, 0.3) is 0 Å². The molecule has 0 aromatic rings. The molecule has 0 aromatic carbocycles. The van der Waals surface area contributed by atoms with Crippen LogP contribution in [0.25, 0.3) is 0 Å². The van der Waals surface area contributed by atoms with E-state index >= 15 is 0 Å². The van der Waals surface area contributed by atoms with Crippen molar-refractivity contribution in [2.45, 2.75) is 25.9 Å². The topological polar surface area (TPSA) is 70.1 Å². The molecule has 0 aliphatic carbocycles. The third kappa shape index (κ3) is 2.85. The zero-order valence-electron chi connectivity index (χ0n) is 9.84. The second-order valence-electron chi connectivity index (χ2n) is 4.13. The van der Waals surface area contributed by atoms with E-state index in [0.717, 1.165) is 0 Å². The maximum Gasteiger partial charge on any atom is 0.407 e. The Kier molecular flexibility index (Phi) is 4.12. The summed E-state index contributed by atoms with van der Waals surface area (Å²) < 4.78 is 4.61. The number of amides is 1. The van der Waals surface area contributed by atoms with Crippen molar-refractivity contribution in [1.82, 2.24) is 9.80 Å². The van der Waals surface area contributed by atoms with Gasteiger partial charge in [-0.1, -0.05) is 0 Å². The third-order valence-corrected chi connectivity index (χ3v) is 2.91. The lowest BCUT2D eigenvalue weighted by Gasteiger charge is -2.42. The van der Waals surface area contributed by atoms with E-state index < -0.39 is 6.09 Å². The number of hydrogen-bond donors (Lipinski definition) is 1. The number of carboxylic acid groups (broad SMARTS) is 1. The van der Waals surface area contributed by atoms with Crippen LogP contribution in [0.3, 0.4) is 0 Å². The van der Waals surface area contributed by atoms with Gasteiger partial charge in [0.2, 0.25) is 0 Å². The van der Waals surface area contributed by atoms with Gasteiger partial charge >= 0.3 is 12.1 Å². The fraction of sp³-hybridized carbons (Fsp3) is 0.800. The van der Waals surface area contributed by atoms with Crippen LogP contribution in [0.2, 0.25) is 0 Å². The van der Waals surface area contributed by atoms with E-state index in [4.69, 9.17) is 5.11 Å². The highest BCUT2D eigenvalue weighted by atomic mass is 16.5. The van der Waals surface area contributed by atoms with Gasteiger partial charge < -0.3 is 14.7 Å². The Hall–Kier alpha value is -1.30. The van der Waals surface area contributed by atoms with Gasteiger partial charge in [-0.2, -0.15) is 0 Å². The van der Waals surface area contributed by atoms with Gasteiger partial charge in [-0.15, -0.1) is 0 Å². The number of esters is 1. The Morgan fingerprint density at radius 1 is 1.31 bits per heavy atom. The van der Waals surface area contributed by atoms with E-state index in [9.17, 15) is 9.59 Å². The average Bonchev–Trinajstić information content (AvgIpc) is 2.22. The minimum Gasteiger partial charge on any atom is -0.468 e. The zero-order valence-corrected chi connectivity index (χ0v) is 9.84. The van der Waals surface area contributed by atoms with Crippen LogP contribution >= 0.6 is 0 Å². The Morgan fingerprint density at radius 3 is 2.19 bits per heavy atom. The summed E-state index contributed by atoms with van der Waals surface area (Å²) in [5, 5.41) is 8.90.